The first-order valence-electron chi connectivity index (χ1n) is 15.6. The smallest absolute Gasteiger partial charge is 0.336 e. The van der Waals surface area contributed by atoms with Crippen molar-refractivity contribution in [2.24, 2.45) is 28.6 Å². The number of hydrogen-bond acceptors (Lipinski definition) is 8. The highest BCUT2D eigenvalue weighted by Gasteiger charge is 2.71. The summed E-state index contributed by atoms with van der Waals surface area (Å²) in [5, 5.41) is 79.3. The number of benzene rings is 1. The van der Waals surface area contributed by atoms with Crippen molar-refractivity contribution in [2.75, 3.05) is 0 Å². The van der Waals surface area contributed by atoms with Crippen molar-refractivity contribution in [3.8, 4) is 0 Å². The third-order valence-electron chi connectivity index (χ3n) is 12.3. The number of aliphatic hydroxyl groups is 6. The summed E-state index contributed by atoms with van der Waals surface area (Å²) in [7, 11) is 0. The zero-order valence-electron chi connectivity index (χ0n) is 25.9. The second kappa shape index (κ2) is 10.2. The van der Waals surface area contributed by atoms with Gasteiger partial charge in [0.15, 0.2) is 5.78 Å². The number of carbonyl (C=O) groups is 2. The van der Waals surface area contributed by atoms with Gasteiger partial charge in [0.1, 0.15) is 5.60 Å². The molecule has 3 fully saturated rings. The van der Waals surface area contributed by atoms with E-state index < -0.39 is 63.2 Å². The molecule has 10 atom stereocenters. The van der Waals surface area contributed by atoms with Crippen LogP contribution in [0.5, 0.6) is 0 Å². The largest absolute Gasteiger partial charge is 0.478 e. The van der Waals surface area contributed by atoms with E-state index in [0.717, 1.165) is 0 Å². The number of fused-ring (bicyclic) bond motifs is 5. The topological polar surface area (TPSA) is 176 Å². The summed E-state index contributed by atoms with van der Waals surface area (Å²) in [5.41, 5.74) is -7.90. The van der Waals surface area contributed by atoms with Gasteiger partial charge in [-0.15, -0.1) is 0 Å². The summed E-state index contributed by atoms with van der Waals surface area (Å²) in [4.78, 5) is 25.8. The Hall–Kier alpha value is -2.14. The van der Waals surface area contributed by atoms with E-state index in [0.29, 0.717) is 24.8 Å². The average molecular weight is 601 g/mol. The standard InChI is InChI=1S/C34H48O9/c1-29(2,40)14-15-34(43,20-9-7-6-8-19(20)28(38)39)32(5,41)27-11-13-33(42)22-16-24(35)23-17-25(36)26(37)18-30(23,3)21(22)10-12-31(27,33)4/h6-9,16,21,23,25-27,36-37,40-43H,10-15,17-18H2,1-5H3,(H,38,39)/t21-,23-,25+,26-,27-,30+,31+,32+,33?,34+/m0/s1. The van der Waals surface area contributed by atoms with Crippen LogP contribution in [0.15, 0.2) is 35.9 Å². The van der Waals surface area contributed by atoms with Gasteiger partial charge in [-0.1, -0.05) is 32.0 Å². The van der Waals surface area contributed by atoms with Crippen molar-refractivity contribution in [3.63, 3.8) is 0 Å². The highest BCUT2D eigenvalue weighted by molar-refractivity contribution is 5.95. The zero-order chi connectivity index (χ0) is 32.0. The first kappa shape index (κ1) is 32.3. The predicted octanol–water partition coefficient (Wildman–Crippen LogP) is 3.08. The van der Waals surface area contributed by atoms with E-state index in [1.54, 1.807) is 26.0 Å². The van der Waals surface area contributed by atoms with Crippen LogP contribution in [-0.2, 0) is 10.4 Å². The Morgan fingerprint density at radius 2 is 1.60 bits per heavy atom. The van der Waals surface area contributed by atoms with Gasteiger partial charge in [0, 0.05) is 16.9 Å². The summed E-state index contributed by atoms with van der Waals surface area (Å²) in [6, 6.07) is 6.03. The van der Waals surface area contributed by atoms with Crippen molar-refractivity contribution >= 4 is 11.8 Å². The molecule has 0 amide bonds. The number of hydrogen-bond donors (Lipinski definition) is 7. The first-order valence-corrected chi connectivity index (χ1v) is 15.6. The van der Waals surface area contributed by atoms with Gasteiger partial charge in [-0.2, -0.15) is 0 Å². The lowest BCUT2D eigenvalue weighted by Gasteiger charge is -2.61. The minimum absolute atomic E-state index is 0.0432. The molecule has 4 aliphatic rings. The fourth-order valence-electron chi connectivity index (χ4n) is 9.74. The van der Waals surface area contributed by atoms with Gasteiger partial charge < -0.3 is 35.7 Å². The fraction of sp³-hybridized carbons (Fsp3) is 0.706. The molecule has 0 bridgehead atoms. The lowest BCUT2D eigenvalue weighted by Crippen LogP contribution is -2.64. The summed E-state index contributed by atoms with van der Waals surface area (Å²) < 4.78 is 0. The van der Waals surface area contributed by atoms with Crippen molar-refractivity contribution in [2.45, 2.75) is 121 Å². The lowest BCUT2D eigenvalue weighted by molar-refractivity contribution is -0.220. The van der Waals surface area contributed by atoms with Crippen molar-refractivity contribution in [1.82, 2.24) is 0 Å². The highest BCUT2D eigenvalue weighted by atomic mass is 16.4. The molecular weight excluding hydrogens is 552 g/mol. The molecule has 5 rings (SSSR count). The SMILES string of the molecule is CC(C)(O)CC[C@@](O)(c1ccccc1C(=O)O)[C@](C)(O)[C@H]1CCC2(O)C3=CC(=O)[C@@H]4C[C@@H](O)[C@@H](O)C[C@]4(C)[C@H]3CC[C@]12C. The number of aliphatic hydroxyl groups excluding tert-OH is 2. The van der Waals surface area contributed by atoms with Crippen LogP contribution in [0.2, 0.25) is 0 Å². The van der Waals surface area contributed by atoms with Gasteiger partial charge in [0.25, 0.3) is 0 Å². The van der Waals surface area contributed by atoms with Gasteiger partial charge in [0.2, 0.25) is 0 Å². The highest BCUT2D eigenvalue weighted by Crippen LogP contribution is 2.69. The second-order valence-electron chi connectivity index (χ2n) is 15.3. The molecule has 0 aromatic heterocycles. The molecule has 238 valence electrons. The molecule has 9 nitrogen and oxygen atoms in total. The Labute approximate surface area is 253 Å². The maximum atomic E-state index is 13.5. The number of carbonyl (C=O) groups excluding carboxylic acids is 1. The summed E-state index contributed by atoms with van der Waals surface area (Å²) in [6.07, 6.45) is 1.51. The lowest BCUT2D eigenvalue weighted by atomic mass is 9.45. The van der Waals surface area contributed by atoms with Crippen LogP contribution < -0.4 is 0 Å². The summed E-state index contributed by atoms with van der Waals surface area (Å²) >= 11 is 0. The summed E-state index contributed by atoms with van der Waals surface area (Å²) in [5.74, 6) is -2.81. The number of allylic oxidation sites excluding steroid dienone is 1. The van der Waals surface area contributed by atoms with Crippen molar-refractivity contribution in [1.29, 1.82) is 0 Å². The molecule has 1 aromatic carbocycles. The third kappa shape index (κ3) is 4.65. The number of aromatic carboxylic acids is 1. The Bertz CT molecular complexity index is 1330. The molecule has 9 heteroatoms. The van der Waals surface area contributed by atoms with Crippen molar-refractivity contribution in [3.05, 3.63) is 47.0 Å². The molecule has 0 heterocycles. The molecule has 43 heavy (non-hydrogen) atoms. The molecule has 0 radical (unpaired) electrons. The molecule has 7 N–H and O–H groups in total. The van der Waals surface area contributed by atoms with Gasteiger partial charge in [-0.25, -0.2) is 4.79 Å². The van der Waals surface area contributed by atoms with E-state index in [-0.39, 0.29) is 54.9 Å². The normalized spacial score (nSPS) is 40.4. The number of carboxylic acids is 1. The molecule has 1 aromatic rings. The zero-order valence-corrected chi connectivity index (χ0v) is 25.9. The molecule has 3 saturated carbocycles. The number of rotatable bonds is 7. The monoisotopic (exact) mass is 600 g/mol. The van der Waals surface area contributed by atoms with Crippen LogP contribution in [-0.4, -0.2) is 76.5 Å². The summed E-state index contributed by atoms with van der Waals surface area (Å²) in [6.45, 7) is 8.52. The third-order valence-corrected chi connectivity index (χ3v) is 12.3. The minimum Gasteiger partial charge on any atom is -0.478 e. The number of carboxylic acid groups (broad SMARTS) is 1. The van der Waals surface area contributed by atoms with E-state index in [1.807, 2.05) is 13.8 Å². The molecule has 4 aliphatic carbocycles. The van der Waals surface area contributed by atoms with E-state index in [2.05, 4.69) is 0 Å². The van der Waals surface area contributed by atoms with Crippen LogP contribution >= 0.6 is 0 Å². The minimum atomic E-state index is -2.10. The molecule has 0 saturated heterocycles. The van der Waals surface area contributed by atoms with Crippen LogP contribution in [0, 0.1) is 28.6 Å². The van der Waals surface area contributed by atoms with E-state index in [4.69, 9.17) is 0 Å². The molecular formula is C34H48O9. The van der Waals surface area contributed by atoms with E-state index in [9.17, 15) is 45.3 Å². The Balaban J connectivity index is 1.60. The average Bonchev–Trinajstić information content (AvgIpc) is 3.20. The second-order valence-corrected chi connectivity index (χ2v) is 15.3. The maximum Gasteiger partial charge on any atom is 0.336 e. The Morgan fingerprint density at radius 1 is 0.953 bits per heavy atom. The van der Waals surface area contributed by atoms with Gasteiger partial charge in [0.05, 0.1) is 34.6 Å². The van der Waals surface area contributed by atoms with E-state index >= 15 is 0 Å². The molecule has 0 aliphatic heterocycles. The fourth-order valence-corrected chi connectivity index (χ4v) is 9.74. The van der Waals surface area contributed by atoms with Crippen LogP contribution in [0.1, 0.15) is 102 Å². The van der Waals surface area contributed by atoms with Crippen LogP contribution in [0.3, 0.4) is 0 Å². The maximum absolute atomic E-state index is 13.5. The molecule has 0 spiro atoms. The number of ketones is 1. The first-order chi connectivity index (χ1) is 19.7. The Kier molecular flexibility index (Phi) is 7.64. The van der Waals surface area contributed by atoms with Gasteiger partial charge in [-0.3, -0.25) is 4.79 Å². The van der Waals surface area contributed by atoms with Crippen molar-refractivity contribution < 1.29 is 45.3 Å². The Morgan fingerprint density at radius 3 is 2.23 bits per heavy atom. The molecule has 1 unspecified atom stereocenters. The quantitative estimate of drug-likeness (QED) is 0.248. The predicted molar refractivity (Wildman–Crippen MR) is 158 cm³/mol. The van der Waals surface area contributed by atoms with Gasteiger partial charge in [-0.05, 0) is 107 Å². The van der Waals surface area contributed by atoms with Crippen LogP contribution in [0.25, 0.3) is 0 Å². The van der Waals surface area contributed by atoms with E-state index in [1.165, 1.54) is 25.1 Å². The van der Waals surface area contributed by atoms with Gasteiger partial charge >= 0.3 is 5.97 Å². The van der Waals surface area contributed by atoms with Crippen LogP contribution in [0.4, 0.5) is 0 Å².